The Labute approximate surface area is 168 Å². The highest BCUT2D eigenvalue weighted by atomic mass is 19.4. The molecule has 0 amide bonds. The van der Waals surface area contributed by atoms with Crippen LogP contribution in [-0.2, 0) is 6.18 Å². The highest BCUT2D eigenvalue weighted by Crippen LogP contribution is 2.33. The summed E-state index contributed by atoms with van der Waals surface area (Å²) in [6.07, 6.45) is -3.25. The smallest absolute Gasteiger partial charge is 0.432 e. The van der Waals surface area contributed by atoms with Gasteiger partial charge < -0.3 is 4.42 Å². The fraction of sp³-hybridized carbons (Fsp3) is 0.250. The van der Waals surface area contributed by atoms with E-state index in [1.165, 1.54) is 19.1 Å². The number of alkyl halides is 6. The first kappa shape index (κ1) is 23.1. The molecule has 0 atom stereocenters. The topological polar surface area (TPSA) is 51.3 Å². The number of allylic oxidation sites excluding steroid dienone is 2. The first-order chi connectivity index (χ1) is 14.0. The number of benzene rings is 1. The van der Waals surface area contributed by atoms with Gasteiger partial charge in [0.2, 0.25) is 5.89 Å². The Bertz CT molecular complexity index is 1060. The van der Waals surface area contributed by atoms with E-state index in [9.17, 15) is 26.3 Å². The number of aryl methyl sites for hydroxylation is 1. The van der Waals surface area contributed by atoms with Crippen molar-refractivity contribution in [2.24, 2.45) is 4.99 Å². The number of hydrogen-bond acceptors (Lipinski definition) is 4. The third-order valence-corrected chi connectivity index (χ3v) is 3.82. The maximum absolute atomic E-state index is 12.6. The molecule has 0 aliphatic rings. The molecule has 0 aliphatic heterocycles. The summed E-state index contributed by atoms with van der Waals surface area (Å²) in [6, 6.07) is 4.96. The van der Waals surface area contributed by atoms with Gasteiger partial charge in [0.25, 0.3) is 0 Å². The predicted molar refractivity (Wildman–Crippen MR) is 101 cm³/mol. The van der Waals surface area contributed by atoms with Crippen LogP contribution in [0.5, 0.6) is 0 Å². The first-order valence-corrected chi connectivity index (χ1v) is 8.52. The maximum Gasteiger partial charge on any atom is 0.432 e. The Balaban J connectivity index is 0.000000274. The van der Waals surface area contributed by atoms with E-state index < -0.39 is 23.6 Å². The summed E-state index contributed by atoms with van der Waals surface area (Å²) >= 11 is 0. The summed E-state index contributed by atoms with van der Waals surface area (Å²) < 4.78 is 78.6. The van der Waals surface area contributed by atoms with Gasteiger partial charge in [-0.25, -0.2) is 4.98 Å². The van der Waals surface area contributed by atoms with Crippen LogP contribution in [0.4, 0.5) is 26.3 Å². The summed E-state index contributed by atoms with van der Waals surface area (Å²) in [5.74, 6) is 0.291. The maximum atomic E-state index is 12.6. The molecule has 0 saturated heterocycles. The van der Waals surface area contributed by atoms with Crippen LogP contribution in [0.15, 0.2) is 58.2 Å². The Morgan fingerprint density at radius 3 is 2.30 bits per heavy atom. The van der Waals surface area contributed by atoms with Crippen LogP contribution < -0.4 is 0 Å². The number of pyridine rings is 1. The van der Waals surface area contributed by atoms with E-state index in [1.807, 2.05) is 6.92 Å². The molecule has 0 unspecified atom stereocenters. The minimum atomic E-state index is -4.39. The Hall–Kier alpha value is -3.17. The normalized spacial score (nSPS) is 12.9. The van der Waals surface area contributed by atoms with Gasteiger partial charge in [-0.3, -0.25) is 9.98 Å². The molecule has 3 aromatic rings. The van der Waals surface area contributed by atoms with Crippen LogP contribution >= 0.6 is 0 Å². The second-order valence-electron chi connectivity index (χ2n) is 6.00. The van der Waals surface area contributed by atoms with Crippen molar-refractivity contribution in [1.82, 2.24) is 9.97 Å². The van der Waals surface area contributed by atoms with E-state index in [-0.39, 0.29) is 5.52 Å². The Morgan fingerprint density at radius 2 is 1.80 bits per heavy atom. The summed E-state index contributed by atoms with van der Waals surface area (Å²) in [4.78, 5) is 11.1. The number of oxazole rings is 1. The third-order valence-electron chi connectivity index (χ3n) is 3.82. The lowest BCUT2D eigenvalue weighted by atomic mass is 10.1. The standard InChI is InChI=1S/C14H9F3N2O.C6H8F3N/c1-8-7-18-5-4-10(8)13-19-11-6-9(14(15,16)17)2-3-12(11)20-13;1-3-4-5(10-2)6(7,8)9/h2-7H,1H3;3-4H,1-2H3/b;4-3-,10-5?. The van der Waals surface area contributed by atoms with E-state index in [0.717, 1.165) is 30.8 Å². The van der Waals surface area contributed by atoms with Crippen molar-refractivity contribution in [1.29, 1.82) is 0 Å². The molecule has 4 nitrogen and oxygen atoms in total. The quantitative estimate of drug-likeness (QED) is 0.349. The number of nitrogens with zero attached hydrogens (tertiary/aromatic N) is 3. The lowest BCUT2D eigenvalue weighted by Crippen LogP contribution is -2.20. The largest absolute Gasteiger partial charge is 0.436 e. The lowest BCUT2D eigenvalue weighted by molar-refractivity contribution is -0.137. The van der Waals surface area contributed by atoms with Gasteiger partial charge in [-0.2, -0.15) is 26.3 Å². The molecular weight excluding hydrogens is 412 g/mol. The molecule has 3 rings (SSSR count). The monoisotopic (exact) mass is 429 g/mol. The zero-order chi connectivity index (χ0) is 22.5. The predicted octanol–water partition coefficient (Wildman–Crippen LogP) is 6.41. The fourth-order valence-corrected chi connectivity index (χ4v) is 2.39. The molecule has 2 heterocycles. The molecule has 0 N–H and O–H groups in total. The molecule has 10 heteroatoms. The van der Waals surface area contributed by atoms with Crippen LogP contribution in [0.2, 0.25) is 0 Å². The van der Waals surface area contributed by atoms with Gasteiger partial charge in [0.05, 0.1) is 5.56 Å². The molecule has 0 saturated carbocycles. The number of fused-ring (bicyclic) bond motifs is 1. The third kappa shape index (κ3) is 5.68. The van der Waals surface area contributed by atoms with E-state index in [4.69, 9.17) is 4.42 Å². The average molecular weight is 429 g/mol. The highest BCUT2D eigenvalue weighted by Gasteiger charge is 2.33. The minimum absolute atomic E-state index is 0.186. The van der Waals surface area contributed by atoms with Gasteiger partial charge in [0.1, 0.15) is 11.2 Å². The summed E-state index contributed by atoms with van der Waals surface area (Å²) in [5, 5.41) is 0. The SMILES string of the molecule is C/C=C\C(=NC)C(F)(F)F.Cc1cnccc1-c1nc2cc(C(F)(F)F)ccc2o1. The van der Waals surface area contributed by atoms with E-state index in [2.05, 4.69) is 15.0 Å². The number of halogens is 6. The van der Waals surface area contributed by atoms with Crippen LogP contribution in [0, 0.1) is 6.92 Å². The van der Waals surface area contributed by atoms with Crippen molar-refractivity contribution in [3.05, 3.63) is 59.9 Å². The van der Waals surface area contributed by atoms with Crippen molar-refractivity contribution in [3.8, 4) is 11.5 Å². The van der Waals surface area contributed by atoms with Crippen molar-refractivity contribution in [3.63, 3.8) is 0 Å². The summed E-state index contributed by atoms with van der Waals surface area (Å²) in [7, 11) is 1.11. The molecule has 160 valence electrons. The van der Waals surface area contributed by atoms with Crippen molar-refractivity contribution >= 4 is 16.8 Å². The van der Waals surface area contributed by atoms with Gasteiger partial charge in [-0.1, -0.05) is 6.08 Å². The van der Waals surface area contributed by atoms with Crippen molar-refractivity contribution in [2.45, 2.75) is 26.2 Å². The summed E-state index contributed by atoms with van der Waals surface area (Å²) in [5.41, 5.74) is 0.474. The highest BCUT2D eigenvalue weighted by molar-refractivity contribution is 5.99. The molecule has 0 bridgehead atoms. The molecular formula is C20H17F6N3O. The van der Waals surface area contributed by atoms with Gasteiger partial charge in [-0.05, 0) is 49.8 Å². The zero-order valence-electron chi connectivity index (χ0n) is 16.1. The van der Waals surface area contributed by atoms with Crippen LogP contribution in [-0.4, -0.2) is 28.9 Å². The molecule has 0 fully saturated rings. The van der Waals surface area contributed by atoms with Crippen LogP contribution in [0.3, 0.4) is 0 Å². The fourth-order valence-electron chi connectivity index (χ4n) is 2.39. The second kappa shape index (κ2) is 9.10. The number of hydrogen-bond donors (Lipinski definition) is 0. The minimum Gasteiger partial charge on any atom is -0.436 e. The average Bonchev–Trinajstić information content (AvgIpc) is 3.08. The zero-order valence-corrected chi connectivity index (χ0v) is 16.1. The molecule has 30 heavy (non-hydrogen) atoms. The van der Waals surface area contributed by atoms with Gasteiger partial charge in [0.15, 0.2) is 5.58 Å². The van der Waals surface area contributed by atoms with Crippen LogP contribution in [0.1, 0.15) is 18.1 Å². The molecule has 0 spiro atoms. The van der Waals surface area contributed by atoms with Crippen molar-refractivity contribution in [2.75, 3.05) is 7.05 Å². The summed E-state index contributed by atoms with van der Waals surface area (Å²) in [6.45, 7) is 3.34. The Morgan fingerprint density at radius 1 is 1.10 bits per heavy atom. The van der Waals surface area contributed by atoms with E-state index in [0.29, 0.717) is 17.0 Å². The van der Waals surface area contributed by atoms with Crippen molar-refractivity contribution < 1.29 is 30.8 Å². The number of rotatable bonds is 2. The van der Waals surface area contributed by atoms with Gasteiger partial charge >= 0.3 is 12.4 Å². The first-order valence-electron chi connectivity index (χ1n) is 8.52. The van der Waals surface area contributed by atoms with E-state index >= 15 is 0 Å². The van der Waals surface area contributed by atoms with Crippen LogP contribution in [0.25, 0.3) is 22.6 Å². The molecule has 0 aliphatic carbocycles. The Kier molecular flexibility index (Phi) is 7.01. The lowest BCUT2D eigenvalue weighted by Gasteiger charge is -2.04. The number of aromatic nitrogens is 2. The van der Waals surface area contributed by atoms with Gasteiger partial charge in [0, 0.05) is 25.0 Å². The van der Waals surface area contributed by atoms with Gasteiger partial charge in [-0.15, -0.1) is 0 Å². The van der Waals surface area contributed by atoms with E-state index in [1.54, 1.807) is 18.5 Å². The second-order valence-corrected chi connectivity index (χ2v) is 6.00. The molecule has 1 aromatic carbocycles. The molecule has 0 radical (unpaired) electrons. The molecule has 2 aromatic heterocycles. The number of aliphatic imine (C=N–C) groups is 1.